The van der Waals surface area contributed by atoms with Gasteiger partial charge in [0.2, 0.25) is 5.95 Å². The van der Waals surface area contributed by atoms with Gasteiger partial charge in [0.1, 0.15) is 0 Å². The summed E-state index contributed by atoms with van der Waals surface area (Å²) in [6, 6.07) is 144. The molecular formula is C103H67IrN7S-2. The summed E-state index contributed by atoms with van der Waals surface area (Å²) in [4.78, 5) is 23.8. The second-order valence-electron chi connectivity index (χ2n) is 27.2. The second kappa shape index (κ2) is 31.3. The van der Waals surface area contributed by atoms with Gasteiger partial charge in [-0.05, 0) is 144 Å². The van der Waals surface area contributed by atoms with Crippen molar-refractivity contribution < 1.29 is 20.1 Å². The van der Waals surface area contributed by atoms with Gasteiger partial charge >= 0.3 is 0 Å². The Morgan fingerprint density at radius 1 is 0.250 bits per heavy atom. The van der Waals surface area contributed by atoms with Crippen molar-refractivity contribution in [3.05, 3.63) is 419 Å². The molecule has 0 saturated heterocycles. The fourth-order valence-corrected chi connectivity index (χ4v) is 16.6. The number of hydrogen-bond acceptors (Lipinski definition) is 6. The minimum absolute atomic E-state index is 0. The van der Waals surface area contributed by atoms with E-state index in [1.807, 2.05) is 169 Å². The van der Waals surface area contributed by atoms with Crippen molar-refractivity contribution in [2.45, 2.75) is 0 Å². The molecule has 112 heavy (non-hydrogen) atoms. The normalized spacial score (nSPS) is 11.1. The maximum Gasteiger partial charge on any atom is 0.238 e. The third-order valence-corrected chi connectivity index (χ3v) is 21.7. The van der Waals surface area contributed by atoms with Gasteiger partial charge in [0.15, 0.2) is 11.6 Å². The van der Waals surface area contributed by atoms with Crippen LogP contribution in [0.1, 0.15) is 0 Å². The molecule has 1 radical (unpaired) electrons. The number of pyridine rings is 2. The Kier molecular flexibility index (Phi) is 19.5. The van der Waals surface area contributed by atoms with Crippen LogP contribution < -0.4 is 0 Å². The minimum atomic E-state index is 0. The Labute approximate surface area is 665 Å². The average molecular weight is 1630 g/mol. The first kappa shape index (κ1) is 69.8. The average Bonchev–Trinajstić information content (AvgIpc) is 1.53. The van der Waals surface area contributed by atoms with E-state index >= 15 is 0 Å². The van der Waals surface area contributed by atoms with Gasteiger partial charge in [-0.3, -0.25) is 4.57 Å². The Morgan fingerprint density at radius 3 is 1.33 bits per heavy atom. The first-order valence-corrected chi connectivity index (χ1v) is 38.0. The molecule has 0 spiro atoms. The molecule has 0 amide bonds. The van der Waals surface area contributed by atoms with Crippen molar-refractivity contribution in [1.29, 1.82) is 0 Å². The summed E-state index contributed by atoms with van der Waals surface area (Å²) in [5.41, 5.74) is 18.9. The molecule has 9 heteroatoms. The van der Waals surface area contributed by atoms with Gasteiger partial charge in [-0.25, -0.2) is 4.98 Å². The molecule has 7 nitrogen and oxygen atoms in total. The smallest absolute Gasteiger partial charge is 0.238 e. The molecule has 0 N–H and O–H groups in total. The van der Waals surface area contributed by atoms with Crippen LogP contribution in [0.4, 0.5) is 0 Å². The molecule has 0 aliphatic rings. The van der Waals surface area contributed by atoms with Crippen molar-refractivity contribution >= 4 is 107 Å². The first-order valence-electron chi connectivity index (χ1n) is 37.2. The summed E-state index contributed by atoms with van der Waals surface area (Å²) in [6.45, 7) is 0. The number of thiophene rings is 1. The van der Waals surface area contributed by atoms with Crippen LogP contribution in [0.3, 0.4) is 0 Å². The van der Waals surface area contributed by atoms with Crippen LogP contribution in [-0.4, -0.2) is 34.1 Å². The zero-order chi connectivity index (χ0) is 73.8. The molecule has 16 aromatic carbocycles. The van der Waals surface area contributed by atoms with Crippen LogP contribution in [0.15, 0.2) is 407 Å². The molecule has 0 atom stereocenters. The van der Waals surface area contributed by atoms with E-state index in [1.165, 1.54) is 102 Å². The van der Waals surface area contributed by atoms with E-state index in [0.717, 1.165) is 66.7 Å². The summed E-state index contributed by atoms with van der Waals surface area (Å²) < 4.78 is 7.24. The van der Waals surface area contributed by atoms with Crippen molar-refractivity contribution in [3.63, 3.8) is 0 Å². The third kappa shape index (κ3) is 13.7. The Morgan fingerprint density at radius 2 is 0.714 bits per heavy atom. The topological polar surface area (TPSA) is 74.3 Å². The van der Waals surface area contributed by atoms with E-state index in [2.05, 4.69) is 274 Å². The standard InChI is InChI=1S/C39H25N5.C36H22S.C17H12N.C11H8N.Ir/c1-4-14-26(15-5-1)37-40-38(27-16-6-2-7-17-27)42-39(41-37)44-34-23-13-11-21-30(34)32-24-31-29-20-10-12-22-33(29)43(35(31)25-36(32)44)28-18-8-3-9-19-28;1-2-13-29-27(11-1)28-12-3-4-14-30(28)34-22-24(19-20-31(29)34)23-9-7-10-25(21-23)26-16-8-17-33-32-15-5-6-18-35(32)37-36(26)33;1-3-7-14(8-4-1)16-11-12-18-17(13-16)15-9-5-2-6-10-15;1-2-6-10(7-3-1)11-8-4-5-9-12-11;/h1-25H;1-22H;1-9,11-13H;1-6,8-9H;/q;;2*-1;. The summed E-state index contributed by atoms with van der Waals surface area (Å²) in [5, 5.41) is 15.3. The summed E-state index contributed by atoms with van der Waals surface area (Å²) >= 11 is 1.89. The number of para-hydroxylation sites is 3. The number of aromatic nitrogens is 7. The summed E-state index contributed by atoms with van der Waals surface area (Å²) in [5.74, 6) is 1.87. The monoisotopic (exact) mass is 1630 g/mol. The van der Waals surface area contributed by atoms with Crippen LogP contribution in [0.25, 0.3) is 186 Å². The Balaban J connectivity index is 0.000000115. The quantitative estimate of drug-likeness (QED) is 0.106. The molecule has 531 valence electrons. The second-order valence-corrected chi connectivity index (χ2v) is 28.3. The van der Waals surface area contributed by atoms with E-state index in [9.17, 15) is 0 Å². The van der Waals surface area contributed by atoms with Gasteiger partial charge in [0, 0.05) is 91.0 Å². The zero-order valence-electron chi connectivity index (χ0n) is 60.6. The van der Waals surface area contributed by atoms with E-state index < -0.39 is 0 Å². The fourth-order valence-electron chi connectivity index (χ4n) is 15.3. The molecule has 22 rings (SSSR count). The zero-order valence-corrected chi connectivity index (χ0v) is 63.8. The van der Waals surface area contributed by atoms with Gasteiger partial charge in [0.25, 0.3) is 0 Å². The van der Waals surface area contributed by atoms with E-state index in [-0.39, 0.29) is 20.1 Å². The van der Waals surface area contributed by atoms with E-state index in [0.29, 0.717) is 17.6 Å². The van der Waals surface area contributed by atoms with E-state index in [4.69, 9.17) is 15.0 Å². The predicted molar refractivity (Wildman–Crippen MR) is 465 cm³/mol. The largest absolute Gasteiger partial charge is 0.309 e. The van der Waals surface area contributed by atoms with Gasteiger partial charge in [0.05, 0.1) is 22.1 Å². The molecule has 0 aliphatic carbocycles. The Hall–Kier alpha value is -13.9. The van der Waals surface area contributed by atoms with Gasteiger partial charge in [-0.15, -0.1) is 83.1 Å². The van der Waals surface area contributed by atoms with Crippen molar-refractivity contribution in [2.75, 3.05) is 0 Å². The minimum Gasteiger partial charge on any atom is -0.309 e. The van der Waals surface area contributed by atoms with E-state index in [1.54, 1.807) is 6.20 Å². The van der Waals surface area contributed by atoms with Crippen LogP contribution in [0, 0.1) is 12.1 Å². The molecule has 0 fully saturated rings. The molecule has 0 unspecified atom stereocenters. The molecule has 0 saturated carbocycles. The van der Waals surface area contributed by atoms with Crippen molar-refractivity contribution in [3.8, 4) is 90.3 Å². The molecule has 6 heterocycles. The maximum absolute atomic E-state index is 5.11. The van der Waals surface area contributed by atoms with Crippen LogP contribution in [0.2, 0.25) is 0 Å². The third-order valence-electron chi connectivity index (χ3n) is 20.5. The molecule has 22 aromatic rings. The SMILES string of the molecule is [Ir].[c-]1ccccc1-c1cc(-c2ccccc2)ccn1.[c-]1ccccc1-c1ccccn1.c1cc(-c2ccc3c4ccccc4c4ccccc4c3c2)cc(-c2cccc3c2sc2ccccc23)c1.c1ccc(-c2nc(-c3ccccc3)nc(-n3c4ccccc4c4cc5c6ccccc6n(-c6ccccc6)c5cc43)n2)cc1. The Bertz CT molecular complexity index is 6930. The molecule has 6 aromatic heterocycles. The summed E-state index contributed by atoms with van der Waals surface area (Å²) in [6.07, 6.45) is 3.63. The van der Waals surface area contributed by atoms with Crippen LogP contribution in [0.5, 0.6) is 0 Å². The number of nitrogens with zero attached hydrogens (tertiary/aromatic N) is 7. The van der Waals surface area contributed by atoms with Crippen molar-refractivity contribution in [2.24, 2.45) is 0 Å². The van der Waals surface area contributed by atoms with Crippen molar-refractivity contribution in [1.82, 2.24) is 34.1 Å². The summed E-state index contributed by atoms with van der Waals surface area (Å²) in [7, 11) is 0. The fraction of sp³-hybridized carbons (Fsp3) is 0. The number of benzene rings is 16. The molecule has 0 aliphatic heterocycles. The molecule has 0 bridgehead atoms. The van der Waals surface area contributed by atoms with Gasteiger partial charge in [-0.1, -0.05) is 279 Å². The molecular weight excluding hydrogens is 1560 g/mol. The number of hydrogen-bond donors (Lipinski definition) is 0. The maximum atomic E-state index is 5.11. The van der Waals surface area contributed by atoms with Gasteiger partial charge < -0.3 is 14.5 Å². The van der Waals surface area contributed by atoms with Crippen LogP contribution in [-0.2, 0) is 20.1 Å². The number of rotatable bonds is 9. The number of fused-ring (bicyclic) bond motifs is 15. The van der Waals surface area contributed by atoms with Crippen LogP contribution >= 0.6 is 11.3 Å². The van der Waals surface area contributed by atoms with Gasteiger partial charge in [-0.2, -0.15) is 9.97 Å². The predicted octanol–water partition coefficient (Wildman–Crippen LogP) is 27.0. The first-order chi connectivity index (χ1) is 55.1.